The van der Waals surface area contributed by atoms with Gasteiger partial charge in [0.2, 0.25) is 0 Å². The van der Waals surface area contributed by atoms with E-state index in [-0.39, 0.29) is 5.41 Å². The third-order valence-corrected chi connectivity index (χ3v) is 14.6. The van der Waals surface area contributed by atoms with Gasteiger partial charge >= 0.3 is 0 Å². The number of aromatic nitrogens is 1. The van der Waals surface area contributed by atoms with Crippen LogP contribution in [0.15, 0.2) is 243 Å². The SMILES string of the molecule is CC1(C)c2ccccc2C2(c3ccccc3-c3ccccc32)c2cccc(-c3cccc(N(c4ccc(-c5ccccc5)cc4)c4ccc5c(c4)c4ccccc4n5-c4ccccc4)c3)c21. The van der Waals surface area contributed by atoms with Crippen LogP contribution in [0.1, 0.15) is 47.2 Å². The molecule has 0 atom stereocenters. The molecule has 0 N–H and O–H groups in total. The monoisotopic (exact) mass is 842 g/mol. The Morgan fingerprint density at radius 2 is 0.848 bits per heavy atom. The van der Waals surface area contributed by atoms with Crippen molar-refractivity contribution in [2.24, 2.45) is 0 Å². The summed E-state index contributed by atoms with van der Waals surface area (Å²) in [5.41, 5.74) is 21.8. The molecule has 0 amide bonds. The molecule has 312 valence electrons. The molecule has 13 rings (SSSR count). The molecule has 0 aliphatic heterocycles. The number of hydrogen-bond acceptors (Lipinski definition) is 1. The minimum absolute atomic E-state index is 0.290. The lowest BCUT2D eigenvalue weighted by atomic mass is 9.54. The molecule has 0 bridgehead atoms. The molecule has 2 aliphatic rings. The van der Waals surface area contributed by atoms with Crippen LogP contribution in [-0.2, 0) is 10.8 Å². The lowest BCUT2D eigenvalue weighted by Crippen LogP contribution is -2.41. The van der Waals surface area contributed by atoms with Gasteiger partial charge in [-0.05, 0) is 127 Å². The lowest BCUT2D eigenvalue weighted by Gasteiger charge is -2.47. The third kappa shape index (κ3) is 5.48. The fraction of sp³-hybridized carbons (Fsp3) is 0.0625. The van der Waals surface area contributed by atoms with Gasteiger partial charge in [-0.3, -0.25) is 0 Å². The number of anilines is 3. The zero-order chi connectivity index (χ0) is 44.0. The Balaban J connectivity index is 1.03. The van der Waals surface area contributed by atoms with E-state index in [1.807, 2.05) is 0 Å². The van der Waals surface area contributed by atoms with E-state index < -0.39 is 5.41 Å². The Morgan fingerprint density at radius 3 is 1.59 bits per heavy atom. The van der Waals surface area contributed by atoms with Crippen LogP contribution in [-0.4, -0.2) is 4.57 Å². The molecule has 1 spiro atoms. The molecule has 1 aromatic heterocycles. The number of rotatable bonds is 6. The predicted octanol–water partition coefficient (Wildman–Crippen LogP) is 16.6. The van der Waals surface area contributed by atoms with E-state index in [2.05, 4.69) is 266 Å². The van der Waals surface area contributed by atoms with E-state index in [0.29, 0.717) is 0 Å². The number of nitrogens with zero attached hydrogens (tertiary/aromatic N) is 2. The van der Waals surface area contributed by atoms with Gasteiger partial charge in [0, 0.05) is 38.9 Å². The summed E-state index contributed by atoms with van der Waals surface area (Å²) in [6, 6.07) is 89.9. The van der Waals surface area contributed by atoms with E-state index >= 15 is 0 Å². The fourth-order valence-electron chi connectivity index (χ4n) is 11.9. The molecule has 1 heterocycles. The van der Waals surface area contributed by atoms with Gasteiger partial charge in [-0.25, -0.2) is 0 Å². The highest BCUT2D eigenvalue weighted by Gasteiger charge is 2.53. The largest absolute Gasteiger partial charge is 0.310 e. The number of benzene rings is 10. The van der Waals surface area contributed by atoms with Crippen molar-refractivity contribution >= 4 is 38.9 Å². The second-order valence-corrected chi connectivity index (χ2v) is 18.4. The highest BCUT2D eigenvalue weighted by atomic mass is 15.1. The van der Waals surface area contributed by atoms with E-state index in [9.17, 15) is 0 Å². The summed E-state index contributed by atoms with van der Waals surface area (Å²) in [5, 5.41) is 2.45. The van der Waals surface area contributed by atoms with Crippen LogP contribution in [0.3, 0.4) is 0 Å². The molecule has 0 radical (unpaired) electrons. The minimum atomic E-state index is -0.455. The highest BCUT2D eigenvalue weighted by molar-refractivity contribution is 6.10. The van der Waals surface area contributed by atoms with Crippen molar-refractivity contribution in [3.05, 3.63) is 276 Å². The summed E-state index contributed by atoms with van der Waals surface area (Å²) in [6.07, 6.45) is 0. The van der Waals surface area contributed by atoms with Gasteiger partial charge in [0.25, 0.3) is 0 Å². The van der Waals surface area contributed by atoms with Gasteiger partial charge in [-0.2, -0.15) is 0 Å². The molecule has 0 saturated carbocycles. The van der Waals surface area contributed by atoms with Gasteiger partial charge in [0.15, 0.2) is 0 Å². The van der Waals surface area contributed by atoms with Gasteiger partial charge in [-0.15, -0.1) is 0 Å². The van der Waals surface area contributed by atoms with E-state index in [0.717, 1.165) is 22.7 Å². The van der Waals surface area contributed by atoms with Crippen LogP contribution in [0.2, 0.25) is 0 Å². The summed E-state index contributed by atoms with van der Waals surface area (Å²) >= 11 is 0. The Hall–Kier alpha value is -8.20. The van der Waals surface area contributed by atoms with Crippen LogP contribution < -0.4 is 4.90 Å². The topological polar surface area (TPSA) is 8.17 Å². The standard InChI is InChI=1S/C64H46N2/c1-63(2)57-31-14-15-32-58(57)64(55-29-12-9-25-51(55)52-26-10-13-30-56(52)64)59-33-18-28-50(62(59)63)45-21-17-24-48(41-45)65(47-37-35-44(36-38-47)43-19-5-3-6-20-43)49-39-40-61-54(42-49)53-27-11-16-34-60(53)66(61)46-22-7-4-8-23-46/h3-42H,1-2H3. The molecule has 66 heavy (non-hydrogen) atoms. The molecular weight excluding hydrogens is 797 g/mol. The molecule has 0 fully saturated rings. The Morgan fingerprint density at radius 1 is 0.333 bits per heavy atom. The van der Waals surface area contributed by atoms with Crippen molar-refractivity contribution in [1.82, 2.24) is 4.57 Å². The van der Waals surface area contributed by atoms with Gasteiger partial charge in [-0.1, -0.05) is 196 Å². The molecule has 2 nitrogen and oxygen atoms in total. The third-order valence-electron chi connectivity index (χ3n) is 14.6. The fourth-order valence-corrected chi connectivity index (χ4v) is 11.9. The normalized spacial score (nSPS) is 13.8. The summed E-state index contributed by atoms with van der Waals surface area (Å²) in [6.45, 7) is 4.86. The molecule has 10 aromatic carbocycles. The van der Waals surface area contributed by atoms with Crippen molar-refractivity contribution in [2.75, 3.05) is 4.90 Å². The quantitative estimate of drug-likeness (QED) is 0.162. The average Bonchev–Trinajstić information content (AvgIpc) is 3.87. The van der Waals surface area contributed by atoms with Crippen LogP contribution in [0.25, 0.3) is 60.9 Å². The number of para-hydroxylation sites is 2. The maximum Gasteiger partial charge on any atom is 0.0719 e. The van der Waals surface area contributed by atoms with Gasteiger partial charge in [0.1, 0.15) is 0 Å². The summed E-state index contributed by atoms with van der Waals surface area (Å²) in [4.78, 5) is 2.44. The van der Waals surface area contributed by atoms with Crippen molar-refractivity contribution < 1.29 is 0 Å². The predicted molar refractivity (Wildman–Crippen MR) is 276 cm³/mol. The van der Waals surface area contributed by atoms with Crippen molar-refractivity contribution in [3.63, 3.8) is 0 Å². The first-order chi connectivity index (χ1) is 32.5. The van der Waals surface area contributed by atoms with E-state index in [1.54, 1.807) is 0 Å². The summed E-state index contributed by atoms with van der Waals surface area (Å²) < 4.78 is 2.39. The van der Waals surface area contributed by atoms with Crippen molar-refractivity contribution in [1.29, 1.82) is 0 Å². The Bertz CT molecular complexity index is 3620. The van der Waals surface area contributed by atoms with Crippen LogP contribution in [0.5, 0.6) is 0 Å². The zero-order valence-electron chi connectivity index (χ0n) is 37.0. The first-order valence-corrected chi connectivity index (χ1v) is 23.1. The van der Waals surface area contributed by atoms with Crippen LogP contribution in [0.4, 0.5) is 17.1 Å². The highest BCUT2D eigenvalue weighted by Crippen LogP contribution is 2.63. The summed E-state index contributed by atoms with van der Waals surface area (Å²) in [5.74, 6) is 0. The Labute approximate surface area is 386 Å². The van der Waals surface area contributed by atoms with Gasteiger partial charge < -0.3 is 9.47 Å². The molecular formula is C64H46N2. The second-order valence-electron chi connectivity index (χ2n) is 18.4. The maximum atomic E-state index is 2.44. The molecule has 0 saturated heterocycles. The number of hydrogen-bond donors (Lipinski definition) is 0. The average molecular weight is 843 g/mol. The molecule has 11 aromatic rings. The first kappa shape index (κ1) is 38.3. The van der Waals surface area contributed by atoms with Crippen LogP contribution in [0, 0.1) is 0 Å². The maximum absolute atomic E-state index is 2.44. The van der Waals surface area contributed by atoms with Crippen molar-refractivity contribution in [3.8, 4) is 39.1 Å². The molecule has 0 unspecified atom stereocenters. The zero-order valence-corrected chi connectivity index (χ0v) is 37.0. The minimum Gasteiger partial charge on any atom is -0.310 e. The molecule has 2 heteroatoms. The molecule has 2 aliphatic carbocycles. The van der Waals surface area contributed by atoms with E-state index in [4.69, 9.17) is 0 Å². The van der Waals surface area contributed by atoms with E-state index in [1.165, 1.54) is 88.6 Å². The van der Waals surface area contributed by atoms with Gasteiger partial charge in [0.05, 0.1) is 16.4 Å². The smallest absolute Gasteiger partial charge is 0.0719 e. The van der Waals surface area contributed by atoms with Crippen molar-refractivity contribution in [2.45, 2.75) is 24.7 Å². The Kier molecular flexibility index (Phi) is 8.51. The lowest BCUT2D eigenvalue weighted by molar-refractivity contribution is 0.565. The first-order valence-electron chi connectivity index (χ1n) is 23.1. The number of fused-ring (bicyclic) bond motifs is 12. The second kappa shape index (κ2) is 14.7. The summed E-state index contributed by atoms with van der Waals surface area (Å²) in [7, 11) is 0. The van der Waals surface area contributed by atoms with Crippen LogP contribution >= 0.6 is 0 Å².